The molecular weight excluding hydrogens is 312 g/mol. The lowest BCUT2D eigenvalue weighted by atomic mass is 10.0. The predicted octanol–water partition coefficient (Wildman–Crippen LogP) is 2.75. The number of aryl methyl sites for hydroxylation is 2. The molecule has 2 N–H and O–H groups in total. The van der Waals surface area contributed by atoms with Crippen molar-refractivity contribution in [1.29, 1.82) is 0 Å². The molecule has 1 saturated heterocycles. The molecule has 1 amide bonds. The van der Waals surface area contributed by atoms with Gasteiger partial charge < -0.3 is 15.1 Å². The van der Waals surface area contributed by atoms with E-state index >= 15 is 0 Å². The van der Waals surface area contributed by atoms with Gasteiger partial charge in [0.05, 0.1) is 12.7 Å². The molecule has 0 unspecified atom stereocenters. The Labute approximate surface area is 142 Å². The van der Waals surface area contributed by atoms with Crippen LogP contribution in [0.2, 0.25) is 0 Å². The Morgan fingerprint density at radius 3 is 2.87 bits per heavy atom. The van der Waals surface area contributed by atoms with Gasteiger partial charge >= 0.3 is 0 Å². The van der Waals surface area contributed by atoms with E-state index in [1.165, 1.54) is 17.5 Å². The van der Waals surface area contributed by atoms with Gasteiger partial charge in [0, 0.05) is 23.5 Å². The summed E-state index contributed by atoms with van der Waals surface area (Å²) in [6, 6.07) is 4.65. The molecule has 0 radical (unpaired) electrons. The first-order valence-electron chi connectivity index (χ1n) is 8.31. The summed E-state index contributed by atoms with van der Waals surface area (Å²) in [5, 5.41) is 7.56. The fraction of sp³-hybridized carbons (Fsp3) is 0.500. The first-order chi connectivity index (χ1) is 10.8. The highest BCUT2D eigenvalue weighted by Crippen LogP contribution is 2.30. The third-order valence-corrected chi connectivity index (χ3v) is 4.88. The standard InChI is InChI=1S/C18H22N2O2.ClH/c21-18(20-15-5-2-6-19-10-15)9-14-11-22-17-8-13-4-1-3-12(13)7-16(14)17;/h7-8,11,15,19H,1-6,9-10H2,(H,20,21);1H/t15-;/m0./s1. The number of benzene rings is 1. The van der Waals surface area contributed by atoms with E-state index in [1.807, 2.05) is 0 Å². The molecule has 1 aliphatic carbocycles. The second-order valence-electron chi connectivity index (χ2n) is 6.52. The number of amides is 1. The molecule has 2 aromatic rings. The quantitative estimate of drug-likeness (QED) is 0.907. The van der Waals surface area contributed by atoms with Crippen LogP contribution >= 0.6 is 12.4 Å². The second kappa shape index (κ2) is 6.93. The summed E-state index contributed by atoms with van der Waals surface area (Å²) >= 11 is 0. The van der Waals surface area contributed by atoms with Crippen molar-refractivity contribution in [3.05, 3.63) is 35.1 Å². The van der Waals surface area contributed by atoms with E-state index in [2.05, 4.69) is 22.8 Å². The molecule has 0 saturated carbocycles. The number of hydrogen-bond donors (Lipinski definition) is 2. The number of furan rings is 1. The van der Waals surface area contributed by atoms with Crippen LogP contribution in [0.5, 0.6) is 0 Å². The van der Waals surface area contributed by atoms with Crippen molar-refractivity contribution in [2.45, 2.75) is 44.6 Å². The van der Waals surface area contributed by atoms with Crippen LogP contribution in [0.4, 0.5) is 0 Å². The number of halogens is 1. The molecule has 1 aromatic heterocycles. The first-order valence-corrected chi connectivity index (χ1v) is 8.31. The minimum atomic E-state index is 0. The number of piperidine rings is 1. The number of rotatable bonds is 3. The SMILES string of the molecule is Cl.O=C(Cc1coc2cc3c(cc12)CCC3)N[C@H]1CCCNC1. The molecular formula is C18H23ClN2O2. The van der Waals surface area contributed by atoms with Gasteiger partial charge in [0.15, 0.2) is 0 Å². The third kappa shape index (κ3) is 3.38. The molecule has 0 spiro atoms. The minimum Gasteiger partial charge on any atom is -0.464 e. The Hall–Kier alpha value is -1.52. The lowest BCUT2D eigenvalue weighted by Crippen LogP contribution is -2.46. The summed E-state index contributed by atoms with van der Waals surface area (Å²) in [7, 11) is 0. The van der Waals surface area contributed by atoms with Gasteiger partial charge in [0.1, 0.15) is 5.58 Å². The van der Waals surface area contributed by atoms with E-state index in [4.69, 9.17) is 4.42 Å². The van der Waals surface area contributed by atoms with Crippen LogP contribution in [0.3, 0.4) is 0 Å². The topological polar surface area (TPSA) is 54.3 Å². The van der Waals surface area contributed by atoms with Gasteiger partial charge in [-0.05, 0) is 61.9 Å². The molecule has 2 heterocycles. The molecule has 4 rings (SSSR count). The normalized spacial score (nSPS) is 20.1. The van der Waals surface area contributed by atoms with Crippen LogP contribution in [0.15, 0.2) is 22.8 Å². The van der Waals surface area contributed by atoms with Crippen molar-refractivity contribution >= 4 is 29.3 Å². The van der Waals surface area contributed by atoms with Crippen molar-refractivity contribution in [1.82, 2.24) is 10.6 Å². The predicted molar refractivity (Wildman–Crippen MR) is 93.2 cm³/mol. The molecule has 124 valence electrons. The van der Waals surface area contributed by atoms with E-state index in [1.54, 1.807) is 6.26 Å². The zero-order valence-corrected chi connectivity index (χ0v) is 14.0. The highest BCUT2D eigenvalue weighted by atomic mass is 35.5. The number of fused-ring (bicyclic) bond motifs is 2. The molecule has 1 aliphatic heterocycles. The van der Waals surface area contributed by atoms with E-state index in [-0.39, 0.29) is 24.4 Å². The average Bonchev–Trinajstić information content (AvgIpc) is 3.13. The lowest BCUT2D eigenvalue weighted by Gasteiger charge is -2.23. The Morgan fingerprint density at radius 1 is 1.26 bits per heavy atom. The number of hydrogen-bond acceptors (Lipinski definition) is 3. The monoisotopic (exact) mass is 334 g/mol. The number of carbonyl (C=O) groups is 1. The van der Waals surface area contributed by atoms with E-state index in [9.17, 15) is 4.79 Å². The smallest absolute Gasteiger partial charge is 0.224 e. The average molecular weight is 335 g/mol. The maximum absolute atomic E-state index is 12.3. The molecule has 1 atom stereocenters. The first kappa shape index (κ1) is 16.3. The Morgan fingerprint density at radius 2 is 2.09 bits per heavy atom. The maximum Gasteiger partial charge on any atom is 0.224 e. The van der Waals surface area contributed by atoms with Crippen LogP contribution in [-0.4, -0.2) is 25.0 Å². The Bertz CT molecular complexity index is 704. The Kier molecular flexibility index (Phi) is 4.93. The minimum absolute atomic E-state index is 0. The van der Waals surface area contributed by atoms with Gasteiger partial charge in [-0.2, -0.15) is 0 Å². The lowest BCUT2D eigenvalue weighted by molar-refractivity contribution is -0.121. The Balaban J connectivity index is 0.00000156. The van der Waals surface area contributed by atoms with E-state index < -0.39 is 0 Å². The van der Waals surface area contributed by atoms with Crippen LogP contribution in [0.1, 0.15) is 36.0 Å². The summed E-state index contributed by atoms with van der Waals surface area (Å²) < 4.78 is 5.67. The van der Waals surface area contributed by atoms with E-state index in [0.717, 1.165) is 55.3 Å². The zero-order valence-electron chi connectivity index (χ0n) is 13.2. The zero-order chi connectivity index (χ0) is 14.9. The number of nitrogens with one attached hydrogen (secondary N) is 2. The molecule has 1 aromatic carbocycles. The van der Waals surface area contributed by atoms with Crippen molar-refractivity contribution < 1.29 is 9.21 Å². The maximum atomic E-state index is 12.3. The van der Waals surface area contributed by atoms with Crippen LogP contribution in [0, 0.1) is 0 Å². The van der Waals surface area contributed by atoms with Crippen molar-refractivity contribution in [3.8, 4) is 0 Å². The summed E-state index contributed by atoms with van der Waals surface area (Å²) in [6.07, 6.45) is 7.88. The van der Waals surface area contributed by atoms with Crippen molar-refractivity contribution in [2.75, 3.05) is 13.1 Å². The number of carbonyl (C=O) groups excluding carboxylic acids is 1. The molecule has 0 bridgehead atoms. The van der Waals surface area contributed by atoms with Gasteiger partial charge in [-0.25, -0.2) is 0 Å². The summed E-state index contributed by atoms with van der Waals surface area (Å²) in [6.45, 7) is 1.94. The largest absolute Gasteiger partial charge is 0.464 e. The second-order valence-corrected chi connectivity index (χ2v) is 6.52. The summed E-state index contributed by atoms with van der Waals surface area (Å²) in [5.74, 6) is 0.0944. The van der Waals surface area contributed by atoms with Gasteiger partial charge in [0.25, 0.3) is 0 Å². The van der Waals surface area contributed by atoms with Crippen LogP contribution in [-0.2, 0) is 24.1 Å². The fourth-order valence-electron chi connectivity index (χ4n) is 3.71. The van der Waals surface area contributed by atoms with Gasteiger partial charge in [-0.1, -0.05) is 0 Å². The highest BCUT2D eigenvalue weighted by Gasteiger charge is 2.19. The van der Waals surface area contributed by atoms with Gasteiger partial charge in [-0.3, -0.25) is 4.79 Å². The fourth-order valence-corrected chi connectivity index (χ4v) is 3.71. The highest BCUT2D eigenvalue weighted by molar-refractivity contribution is 5.88. The van der Waals surface area contributed by atoms with Crippen molar-refractivity contribution in [3.63, 3.8) is 0 Å². The van der Waals surface area contributed by atoms with Gasteiger partial charge in [-0.15, -0.1) is 12.4 Å². The molecule has 1 fully saturated rings. The molecule has 23 heavy (non-hydrogen) atoms. The summed E-state index contributed by atoms with van der Waals surface area (Å²) in [5.41, 5.74) is 4.76. The molecule has 4 nitrogen and oxygen atoms in total. The van der Waals surface area contributed by atoms with Crippen molar-refractivity contribution in [2.24, 2.45) is 0 Å². The van der Waals surface area contributed by atoms with Crippen LogP contribution < -0.4 is 10.6 Å². The molecule has 5 heteroatoms. The van der Waals surface area contributed by atoms with Crippen LogP contribution in [0.25, 0.3) is 11.0 Å². The summed E-state index contributed by atoms with van der Waals surface area (Å²) in [4.78, 5) is 12.3. The third-order valence-electron chi connectivity index (χ3n) is 4.88. The van der Waals surface area contributed by atoms with Gasteiger partial charge in [0.2, 0.25) is 5.91 Å². The van der Waals surface area contributed by atoms with E-state index in [0.29, 0.717) is 6.42 Å². The molecule has 2 aliphatic rings.